The molecule has 0 bridgehead atoms. The molecule has 1 saturated heterocycles. The van der Waals surface area contributed by atoms with Gasteiger partial charge in [-0.05, 0) is 56.9 Å². The Labute approximate surface area is 123 Å². The van der Waals surface area contributed by atoms with Crippen LogP contribution in [0.25, 0.3) is 0 Å². The molecule has 3 atom stereocenters. The van der Waals surface area contributed by atoms with E-state index < -0.39 is 0 Å². The fraction of sp³-hybridized carbons (Fsp3) is 1.00. The van der Waals surface area contributed by atoms with Crippen LogP contribution in [0, 0.1) is 11.8 Å². The highest BCUT2D eigenvalue weighted by Crippen LogP contribution is 2.40. The number of aliphatic hydroxyl groups is 1. The summed E-state index contributed by atoms with van der Waals surface area (Å²) in [6, 6.07) is 0.642. The van der Waals surface area contributed by atoms with Crippen molar-refractivity contribution in [1.29, 1.82) is 0 Å². The van der Waals surface area contributed by atoms with Crippen LogP contribution in [0.15, 0.2) is 0 Å². The average Bonchev–Trinajstić information content (AvgIpc) is 2.93. The highest BCUT2D eigenvalue weighted by molar-refractivity contribution is 4.93. The van der Waals surface area contributed by atoms with E-state index in [2.05, 4.69) is 5.32 Å². The van der Waals surface area contributed by atoms with E-state index in [4.69, 9.17) is 4.74 Å². The van der Waals surface area contributed by atoms with Crippen LogP contribution in [0.4, 0.5) is 0 Å². The quantitative estimate of drug-likeness (QED) is 0.832. The lowest BCUT2D eigenvalue weighted by Crippen LogP contribution is -2.47. The zero-order chi connectivity index (χ0) is 13.8. The molecule has 2 saturated carbocycles. The van der Waals surface area contributed by atoms with E-state index in [0.717, 1.165) is 19.6 Å². The van der Waals surface area contributed by atoms with Gasteiger partial charge in [-0.15, -0.1) is 0 Å². The standard InChI is InChI=1S/C17H31NO2/c19-13-15-6-2-1-5-14(15)12-18-16-7-10-20-17(11-16)8-3-4-9-17/h14-16,18-19H,1-13H2. The first-order valence-corrected chi connectivity index (χ1v) is 8.79. The first kappa shape index (κ1) is 14.8. The molecule has 3 nitrogen and oxygen atoms in total. The van der Waals surface area contributed by atoms with Crippen LogP contribution in [0.3, 0.4) is 0 Å². The summed E-state index contributed by atoms with van der Waals surface area (Å²) in [6.45, 7) is 2.42. The van der Waals surface area contributed by atoms with Crippen molar-refractivity contribution in [2.45, 2.75) is 75.9 Å². The SMILES string of the molecule is OCC1CCCCC1CNC1CCOC2(CCCC2)C1. The van der Waals surface area contributed by atoms with Crippen molar-refractivity contribution in [3.63, 3.8) is 0 Å². The minimum absolute atomic E-state index is 0.221. The molecule has 0 aromatic rings. The van der Waals surface area contributed by atoms with Crippen molar-refractivity contribution < 1.29 is 9.84 Å². The summed E-state index contributed by atoms with van der Waals surface area (Å²) in [6.07, 6.45) is 12.8. The summed E-state index contributed by atoms with van der Waals surface area (Å²) >= 11 is 0. The second-order valence-electron chi connectivity index (χ2n) is 7.32. The van der Waals surface area contributed by atoms with Crippen molar-refractivity contribution in [3.8, 4) is 0 Å². The van der Waals surface area contributed by atoms with Gasteiger partial charge >= 0.3 is 0 Å². The molecular formula is C17H31NO2. The third kappa shape index (κ3) is 3.37. The van der Waals surface area contributed by atoms with Crippen LogP contribution in [-0.4, -0.2) is 36.5 Å². The third-order valence-electron chi connectivity index (χ3n) is 5.98. The normalized spacial score (nSPS) is 37.4. The molecule has 1 aliphatic heterocycles. The Hall–Kier alpha value is -0.120. The van der Waals surface area contributed by atoms with Crippen LogP contribution in [0.5, 0.6) is 0 Å². The van der Waals surface area contributed by atoms with Crippen LogP contribution >= 0.6 is 0 Å². The Bertz CT molecular complexity index is 301. The lowest BCUT2D eigenvalue weighted by Gasteiger charge is -2.40. The van der Waals surface area contributed by atoms with E-state index in [1.54, 1.807) is 0 Å². The number of nitrogens with one attached hydrogen (secondary N) is 1. The minimum atomic E-state index is 0.221. The highest BCUT2D eigenvalue weighted by atomic mass is 16.5. The van der Waals surface area contributed by atoms with Gasteiger partial charge in [0.25, 0.3) is 0 Å². The molecule has 2 aliphatic carbocycles. The van der Waals surface area contributed by atoms with E-state index >= 15 is 0 Å². The van der Waals surface area contributed by atoms with E-state index in [0.29, 0.717) is 24.5 Å². The summed E-state index contributed by atoms with van der Waals surface area (Å²) in [4.78, 5) is 0. The molecule has 0 aromatic carbocycles. The molecule has 0 aromatic heterocycles. The van der Waals surface area contributed by atoms with Gasteiger partial charge in [0.05, 0.1) is 5.60 Å². The van der Waals surface area contributed by atoms with Crippen molar-refractivity contribution in [2.75, 3.05) is 19.8 Å². The third-order valence-corrected chi connectivity index (χ3v) is 5.98. The average molecular weight is 281 g/mol. The van der Waals surface area contributed by atoms with Crippen molar-refractivity contribution in [2.24, 2.45) is 11.8 Å². The monoisotopic (exact) mass is 281 g/mol. The fourth-order valence-electron chi connectivity index (χ4n) is 4.68. The topological polar surface area (TPSA) is 41.5 Å². The maximum Gasteiger partial charge on any atom is 0.0697 e. The Morgan fingerprint density at radius 1 is 1.00 bits per heavy atom. The van der Waals surface area contributed by atoms with Crippen LogP contribution in [0.2, 0.25) is 0 Å². The second kappa shape index (κ2) is 6.76. The smallest absolute Gasteiger partial charge is 0.0697 e. The van der Waals surface area contributed by atoms with E-state index in [1.807, 2.05) is 0 Å². The molecule has 1 heterocycles. The van der Waals surface area contributed by atoms with Gasteiger partial charge in [-0.25, -0.2) is 0 Å². The first-order chi connectivity index (χ1) is 9.81. The minimum Gasteiger partial charge on any atom is -0.396 e. The van der Waals surface area contributed by atoms with Crippen LogP contribution in [0.1, 0.15) is 64.2 Å². The molecular weight excluding hydrogens is 250 g/mol. The van der Waals surface area contributed by atoms with Crippen LogP contribution < -0.4 is 5.32 Å². The van der Waals surface area contributed by atoms with Gasteiger partial charge in [0, 0.05) is 19.3 Å². The molecule has 0 radical (unpaired) electrons. The lowest BCUT2D eigenvalue weighted by atomic mass is 9.79. The number of hydrogen-bond donors (Lipinski definition) is 2. The molecule has 3 rings (SSSR count). The Morgan fingerprint density at radius 2 is 1.75 bits per heavy atom. The summed E-state index contributed by atoms with van der Waals surface area (Å²) in [5.41, 5.74) is 0.221. The Balaban J connectivity index is 1.47. The summed E-state index contributed by atoms with van der Waals surface area (Å²) in [5.74, 6) is 1.23. The predicted octanol–water partition coefficient (Wildman–Crippen LogP) is 2.87. The zero-order valence-corrected chi connectivity index (χ0v) is 12.8. The number of rotatable bonds is 4. The van der Waals surface area contributed by atoms with E-state index in [-0.39, 0.29) is 5.60 Å². The molecule has 3 unspecified atom stereocenters. The number of hydrogen-bond acceptors (Lipinski definition) is 3. The van der Waals surface area contributed by atoms with Gasteiger partial charge in [-0.1, -0.05) is 25.7 Å². The lowest BCUT2D eigenvalue weighted by molar-refractivity contribution is -0.0842. The van der Waals surface area contributed by atoms with Gasteiger partial charge in [0.1, 0.15) is 0 Å². The van der Waals surface area contributed by atoms with Gasteiger partial charge in [-0.3, -0.25) is 0 Å². The van der Waals surface area contributed by atoms with Gasteiger partial charge < -0.3 is 15.2 Å². The van der Waals surface area contributed by atoms with Crippen LogP contribution in [-0.2, 0) is 4.74 Å². The number of aliphatic hydroxyl groups excluding tert-OH is 1. The first-order valence-electron chi connectivity index (χ1n) is 8.79. The highest BCUT2D eigenvalue weighted by Gasteiger charge is 2.40. The Morgan fingerprint density at radius 3 is 2.50 bits per heavy atom. The van der Waals surface area contributed by atoms with E-state index in [1.165, 1.54) is 57.8 Å². The molecule has 2 N–H and O–H groups in total. The summed E-state index contributed by atoms with van der Waals surface area (Å²) in [5, 5.41) is 13.3. The number of ether oxygens (including phenoxy) is 1. The van der Waals surface area contributed by atoms with Crippen molar-refractivity contribution >= 4 is 0 Å². The van der Waals surface area contributed by atoms with E-state index in [9.17, 15) is 5.11 Å². The zero-order valence-electron chi connectivity index (χ0n) is 12.8. The summed E-state index contributed by atoms with van der Waals surface area (Å²) < 4.78 is 6.11. The molecule has 1 spiro atoms. The summed E-state index contributed by atoms with van der Waals surface area (Å²) in [7, 11) is 0. The molecule has 3 fully saturated rings. The van der Waals surface area contributed by atoms with Crippen molar-refractivity contribution in [3.05, 3.63) is 0 Å². The second-order valence-corrected chi connectivity index (χ2v) is 7.32. The molecule has 116 valence electrons. The largest absolute Gasteiger partial charge is 0.396 e. The van der Waals surface area contributed by atoms with Crippen molar-refractivity contribution in [1.82, 2.24) is 5.32 Å². The predicted molar refractivity (Wildman–Crippen MR) is 80.7 cm³/mol. The molecule has 3 heteroatoms. The molecule has 0 amide bonds. The fourth-order valence-corrected chi connectivity index (χ4v) is 4.68. The molecule has 3 aliphatic rings. The van der Waals surface area contributed by atoms with Gasteiger partial charge in [0.15, 0.2) is 0 Å². The molecule has 20 heavy (non-hydrogen) atoms. The van der Waals surface area contributed by atoms with Gasteiger partial charge in [0.2, 0.25) is 0 Å². The Kier molecular flexibility index (Phi) is 5.00. The maximum absolute atomic E-state index is 9.52. The maximum atomic E-state index is 9.52. The van der Waals surface area contributed by atoms with Gasteiger partial charge in [-0.2, -0.15) is 0 Å².